The van der Waals surface area contributed by atoms with Gasteiger partial charge in [-0.15, -0.1) is 11.3 Å². The lowest BCUT2D eigenvalue weighted by Gasteiger charge is -2.18. The van der Waals surface area contributed by atoms with E-state index in [4.69, 9.17) is 0 Å². The molecule has 0 radical (unpaired) electrons. The molecule has 0 saturated carbocycles. The highest BCUT2D eigenvalue weighted by Crippen LogP contribution is 2.28. The highest BCUT2D eigenvalue weighted by atomic mass is 32.1. The Labute approximate surface area is 183 Å². The van der Waals surface area contributed by atoms with Crippen molar-refractivity contribution in [3.8, 4) is 11.3 Å². The third-order valence-electron chi connectivity index (χ3n) is 4.98. The summed E-state index contributed by atoms with van der Waals surface area (Å²) in [6.45, 7) is 13.2. The van der Waals surface area contributed by atoms with Crippen molar-refractivity contribution in [2.75, 3.05) is 5.32 Å². The predicted octanol–water partition coefficient (Wildman–Crippen LogP) is 7.06. The zero-order valence-electron chi connectivity index (χ0n) is 18.6. The van der Waals surface area contributed by atoms with E-state index in [0.29, 0.717) is 5.13 Å². The highest BCUT2D eigenvalue weighted by molar-refractivity contribution is 7.14. The Bertz CT molecular complexity index is 1030. The van der Waals surface area contributed by atoms with E-state index in [1.54, 1.807) is 6.08 Å². The maximum atomic E-state index is 12.3. The Morgan fingerprint density at radius 2 is 1.40 bits per heavy atom. The molecule has 4 heteroatoms. The van der Waals surface area contributed by atoms with Gasteiger partial charge < -0.3 is 0 Å². The summed E-state index contributed by atoms with van der Waals surface area (Å²) >= 11 is 1.43. The van der Waals surface area contributed by atoms with E-state index in [1.165, 1.54) is 22.5 Å². The average Bonchev–Trinajstić information content (AvgIpc) is 3.14. The van der Waals surface area contributed by atoms with Crippen LogP contribution in [0.25, 0.3) is 17.3 Å². The van der Waals surface area contributed by atoms with Crippen LogP contribution < -0.4 is 5.32 Å². The number of carbonyl (C=O) groups excluding carboxylic acids is 1. The first-order valence-corrected chi connectivity index (χ1v) is 11.1. The smallest absolute Gasteiger partial charge is 0.250 e. The van der Waals surface area contributed by atoms with Gasteiger partial charge in [-0.25, -0.2) is 4.98 Å². The highest BCUT2D eigenvalue weighted by Gasteiger charge is 2.14. The van der Waals surface area contributed by atoms with Gasteiger partial charge in [0.1, 0.15) is 0 Å². The van der Waals surface area contributed by atoms with Crippen molar-refractivity contribution in [3.63, 3.8) is 0 Å². The van der Waals surface area contributed by atoms with Crippen molar-refractivity contribution < 1.29 is 4.79 Å². The second-order valence-corrected chi connectivity index (χ2v) is 10.4. The second-order valence-electron chi connectivity index (χ2n) is 9.56. The van der Waals surface area contributed by atoms with Crippen LogP contribution in [-0.2, 0) is 15.6 Å². The zero-order valence-corrected chi connectivity index (χ0v) is 19.4. The van der Waals surface area contributed by atoms with Gasteiger partial charge in [0, 0.05) is 17.0 Å². The standard InChI is InChI=1S/C26H30N2OS/c1-25(2,3)20-12-7-18(8-13-20)9-16-23(29)28-24-27-22(17-30-24)19-10-14-21(15-11-19)26(4,5)6/h7-17H,1-6H3,(H,27,28,29)/b16-9+. The van der Waals surface area contributed by atoms with Crippen LogP contribution in [-0.4, -0.2) is 10.9 Å². The first-order valence-electron chi connectivity index (χ1n) is 10.2. The van der Waals surface area contributed by atoms with E-state index in [2.05, 4.69) is 88.2 Å². The molecule has 0 bridgehead atoms. The molecule has 30 heavy (non-hydrogen) atoms. The van der Waals surface area contributed by atoms with Crippen molar-refractivity contribution >= 4 is 28.5 Å². The number of carbonyl (C=O) groups is 1. The molecule has 0 atom stereocenters. The fraction of sp³-hybridized carbons (Fsp3) is 0.308. The maximum absolute atomic E-state index is 12.3. The molecule has 156 valence electrons. The van der Waals surface area contributed by atoms with Crippen LogP contribution in [0.5, 0.6) is 0 Å². The number of nitrogens with zero attached hydrogens (tertiary/aromatic N) is 1. The van der Waals surface area contributed by atoms with Gasteiger partial charge in [-0.2, -0.15) is 0 Å². The zero-order chi connectivity index (χ0) is 21.9. The van der Waals surface area contributed by atoms with Gasteiger partial charge in [0.15, 0.2) is 5.13 Å². The molecule has 3 aromatic rings. The minimum absolute atomic E-state index is 0.120. The van der Waals surface area contributed by atoms with E-state index in [1.807, 2.05) is 23.6 Å². The van der Waals surface area contributed by atoms with E-state index in [-0.39, 0.29) is 16.7 Å². The van der Waals surface area contributed by atoms with Crippen LogP contribution >= 0.6 is 11.3 Å². The van der Waals surface area contributed by atoms with Crippen LogP contribution in [0.4, 0.5) is 5.13 Å². The normalized spacial score (nSPS) is 12.3. The fourth-order valence-electron chi connectivity index (χ4n) is 3.02. The van der Waals surface area contributed by atoms with Crippen molar-refractivity contribution in [2.24, 2.45) is 0 Å². The van der Waals surface area contributed by atoms with Crippen molar-refractivity contribution in [1.82, 2.24) is 4.98 Å². The van der Waals surface area contributed by atoms with Gasteiger partial charge in [0.05, 0.1) is 5.69 Å². The molecular formula is C26H30N2OS. The van der Waals surface area contributed by atoms with Crippen LogP contribution in [0.1, 0.15) is 58.2 Å². The van der Waals surface area contributed by atoms with Gasteiger partial charge in [-0.1, -0.05) is 90.1 Å². The molecule has 3 nitrogen and oxygen atoms in total. The summed E-state index contributed by atoms with van der Waals surface area (Å²) in [5, 5.41) is 5.42. The Morgan fingerprint density at radius 1 is 0.867 bits per heavy atom. The molecular weight excluding hydrogens is 388 g/mol. The summed E-state index contributed by atoms with van der Waals surface area (Å²) in [5.74, 6) is -0.182. The lowest BCUT2D eigenvalue weighted by atomic mass is 9.86. The molecule has 0 aliphatic heterocycles. The van der Waals surface area contributed by atoms with E-state index >= 15 is 0 Å². The predicted molar refractivity (Wildman–Crippen MR) is 129 cm³/mol. The van der Waals surface area contributed by atoms with Crippen molar-refractivity contribution in [1.29, 1.82) is 0 Å². The lowest BCUT2D eigenvalue weighted by molar-refractivity contribution is -0.111. The quantitative estimate of drug-likeness (QED) is 0.461. The number of aromatic nitrogens is 1. The lowest BCUT2D eigenvalue weighted by Crippen LogP contribution is -2.10. The molecule has 3 rings (SSSR count). The van der Waals surface area contributed by atoms with E-state index in [0.717, 1.165) is 16.8 Å². The molecule has 0 fully saturated rings. The molecule has 0 aliphatic rings. The van der Waals surface area contributed by atoms with Gasteiger partial charge in [-0.3, -0.25) is 10.1 Å². The van der Waals surface area contributed by atoms with Crippen LogP contribution in [0.15, 0.2) is 60.0 Å². The monoisotopic (exact) mass is 418 g/mol. The number of thiazole rings is 1. The molecule has 2 aromatic carbocycles. The van der Waals surface area contributed by atoms with Gasteiger partial charge in [0.2, 0.25) is 5.91 Å². The summed E-state index contributed by atoms with van der Waals surface area (Å²) in [5.41, 5.74) is 5.73. The number of anilines is 1. The Kier molecular flexibility index (Phi) is 6.27. The van der Waals surface area contributed by atoms with Crippen LogP contribution in [0.2, 0.25) is 0 Å². The minimum atomic E-state index is -0.182. The maximum Gasteiger partial charge on any atom is 0.250 e. The molecule has 1 heterocycles. The molecule has 0 unspecified atom stereocenters. The van der Waals surface area contributed by atoms with Crippen LogP contribution in [0.3, 0.4) is 0 Å². The molecule has 1 amide bonds. The minimum Gasteiger partial charge on any atom is -0.298 e. The molecule has 0 spiro atoms. The molecule has 0 saturated heterocycles. The summed E-state index contributed by atoms with van der Waals surface area (Å²) in [6.07, 6.45) is 3.37. The van der Waals surface area contributed by atoms with Crippen molar-refractivity contribution in [2.45, 2.75) is 52.4 Å². The number of rotatable bonds is 4. The fourth-order valence-corrected chi connectivity index (χ4v) is 3.74. The molecule has 0 aliphatic carbocycles. The summed E-state index contributed by atoms with van der Waals surface area (Å²) in [4.78, 5) is 16.8. The van der Waals surface area contributed by atoms with E-state index in [9.17, 15) is 4.79 Å². The number of hydrogen-bond acceptors (Lipinski definition) is 3. The largest absolute Gasteiger partial charge is 0.298 e. The molecule has 1 N–H and O–H groups in total. The summed E-state index contributed by atoms with van der Waals surface area (Å²) in [7, 11) is 0. The second kappa shape index (κ2) is 8.57. The summed E-state index contributed by atoms with van der Waals surface area (Å²) in [6, 6.07) is 16.7. The van der Waals surface area contributed by atoms with Gasteiger partial charge >= 0.3 is 0 Å². The number of amides is 1. The molecule has 1 aromatic heterocycles. The first kappa shape index (κ1) is 22.0. The van der Waals surface area contributed by atoms with Crippen LogP contribution in [0, 0.1) is 0 Å². The Balaban J connectivity index is 1.63. The SMILES string of the molecule is CC(C)(C)c1ccc(/C=C/C(=O)Nc2nc(-c3ccc(C(C)(C)C)cc3)cs2)cc1. The third-order valence-corrected chi connectivity index (χ3v) is 5.74. The third kappa shape index (κ3) is 5.67. The van der Waals surface area contributed by atoms with E-state index < -0.39 is 0 Å². The van der Waals surface area contributed by atoms with Gasteiger partial charge in [0.25, 0.3) is 0 Å². The first-order chi connectivity index (χ1) is 14.0. The number of nitrogens with one attached hydrogen (secondary N) is 1. The Hall–Kier alpha value is -2.72. The van der Waals surface area contributed by atoms with Crippen molar-refractivity contribution in [3.05, 3.63) is 76.7 Å². The van der Waals surface area contributed by atoms with Gasteiger partial charge in [-0.05, 0) is 33.6 Å². The Morgan fingerprint density at radius 3 is 1.93 bits per heavy atom. The average molecular weight is 419 g/mol. The summed E-state index contributed by atoms with van der Waals surface area (Å²) < 4.78 is 0. The topological polar surface area (TPSA) is 42.0 Å². The number of benzene rings is 2. The number of hydrogen-bond donors (Lipinski definition) is 1.